The van der Waals surface area contributed by atoms with E-state index in [1.165, 1.54) is 76.2 Å². The normalized spacial score (nSPS) is 13.3. The molecule has 6 aromatic rings. The molecule has 0 aliphatic carbocycles. The lowest BCUT2D eigenvalue weighted by atomic mass is 9.89. The largest absolute Gasteiger partial charge is 0.0651 e. The van der Waals surface area contributed by atoms with Crippen LogP contribution >= 0.6 is 0 Å². The second-order valence-corrected chi connectivity index (χ2v) is 10.6. The fourth-order valence-electron chi connectivity index (χ4n) is 6.04. The summed E-state index contributed by atoms with van der Waals surface area (Å²) in [6, 6.07) is 40.4. The predicted octanol–water partition coefficient (Wildman–Crippen LogP) is 8.98. The van der Waals surface area contributed by atoms with E-state index in [0.29, 0.717) is 0 Å². The quantitative estimate of drug-likeness (QED) is 0.231. The van der Waals surface area contributed by atoms with Gasteiger partial charge in [0.25, 0.3) is 0 Å². The number of aryl methyl sites for hydroxylation is 2. The molecule has 0 aliphatic rings. The Kier molecular flexibility index (Phi) is 6.34. The van der Waals surface area contributed by atoms with Crippen LogP contribution in [0.5, 0.6) is 0 Å². The van der Waals surface area contributed by atoms with E-state index in [2.05, 4.69) is 137 Å². The van der Waals surface area contributed by atoms with Gasteiger partial charge in [-0.3, -0.25) is 0 Å². The first-order valence-electron chi connectivity index (χ1n) is 13.8. The first-order chi connectivity index (χ1) is 18.5. The van der Waals surface area contributed by atoms with Crippen molar-refractivity contribution in [3.63, 3.8) is 0 Å². The van der Waals surface area contributed by atoms with Crippen LogP contribution in [-0.4, -0.2) is 0 Å². The molecule has 0 unspecified atom stereocenters. The van der Waals surface area contributed by atoms with E-state index in [1.54, 1.807) is 0 Å². The summed E-state index contributed by atoms with van der Waals surface area (Å²) >= 11 is 0. The van der Waals surface area contributed by atoms with Crippen molar-refractivity contribution in [2.75, 3.05) is 0 Å². The summed E-state index contributed by atoms with van der Waals surface area (Å²) < 4.78 is 0. The van der Waals surface area contributed by atoms with Gasteiger partial charge in [-0.25, -0.2) is 0 Å². The van der Waals surface area contributed by atoms with Gasteiger partial charge < -0.3 is 0 Å². The fraction of sp³-hybridized carbons (Fsp3) is 0.158. The highest BCUT2D eigenvalue weighted by Gasteiger charge is 2.12. The highest BCUT2D eigenvalue weighted by Crippen LogP contribution is 2.26. The molecule has 6 aromatic carbocycles. The van der Waals surface area contributed by atoms with Crippen LogP contribution in [0.4, 0.5) is 0 Å². The van der Waals surface area contributed by atoms with Crippen molar-refractivity contribution in [1.29, 1.82) is 0 Å². The van der Waals surface area contributed by atoms with Crippen LogP contribution in [0.15, 0.2) is 109 Å². The summed E-state index contributed by atoms with van der Waals surface area (Å²) in [6.07, 6.45) is 2.16. The van der Waals surface area contributed by atoms with Gasteiger partial charge in [0.2, 0.25) is 0 Å². The molecule has 0 saturated heterocycles. The lowest BCUT2D eigenvalue weighted by Crippen LogP contribution is -2.17. The van der Waals surface area contributed by atoms with E-state index < -0.39 is 0 Å². The minimum absolute atomic E-state index is 1.05. The van der Waals surface area contributed by atoms with Crippen LogP contribution in [0.1, 0.15) is 48.9 Å². The molecule has 0 heteroatoms. The maximum absolute atomic E-state index is 2.37. The predicted molar refractivity (Wildman–Crippen MR) is 166 cm³/mol. The molecular weight excluding hydrogens is 456 g/mol. The zero-order chi connectivity index (χ0) is 26.2. The van der Waals surface area contributed by atoms with Crippen molar-refractivity contribution >= 4 is 43.5 Å². The third-order valence-corrected chi connectivity index (χ3v) is 8.09. The molecule has 6 rings (SSSR count). The molecule has 0 fully saturated rings. The molecule has 0 saturated carbocycles. The molecule has 0 bridgehead atoms. The minimum Gasteiger partial charge on any atom is -0.0651 e. The average Bonchev–Trinajstić information content (AvgIpc) is 2.96. The maximum atomic E-state index is 2.37. The fourth-order valence-corrected chi connectivity index (χ4v) is 6.04. The Bertz CT molecular complexity index is 1950. The van der Waals surface area contributed by atoms with Gasteiger partial charge in [-0.1, -0.05) is 110 Å². The zero-order valence-corrected chi connectivity index (χ0v) is 22.8. The van der Waals surface area contributed by atoms with E-state index >= 15 is 0 Å². The summed E-state index contributed by atoms with van der Waals surface area (Å²) in [5.74, 6) is 0. The van der Waals surface area contributed by atoms with E-state index in [-0.39, 0.29) is 0 Å². The second kappa shape index (κ2) is 9.95. The second-order valence-electron chi connectivity index (χ2n) is 10.6. The maximum Gasteiger partial charge on any atom is -0.00704 e. The van der Waals surface area contributed by atoms with E-state index in [1.807, 2.05) is 0 Å². The molecule has 0 heterocycles. The van der Waals surface area contributed by atoms with Crippen molar-refractivity contribution in [3.05, 3.63) is 142 Å². The smallest absolute Gasteiger partial charge is 0.00704 e. The molecule has 0 radical (unpaired) electrons. The third kappa shape index (κ3) is 4.21. The molecule has 0 nitrogen and oxygen atoms in total. The van der Waals surface area contributed by atoms with Gasteiger partial charge in [0.1, 0.15) is 0 Å². The highest BCUT2D eigenvalue weighted by molar-refractivity contribution is 5.95. The lowest BCUT2D eigenvalue weighted by molar-refractivity contribution is 0.969. The van der Waals surface area contributed by atoms with Gasteiger partial charge in [-0.2, -0.15) is 0 Å². The van der Waals surface area contributed by atoms with E-state index in [9.17, 15) is 0 Å². The Labute approximate surface area is 225 Å². The Hall–Kier alpha value is -4.16. The first kappa shape index (κ1) is 24.2. The Morgan fingerprint density at radius 3 is 1.63 bits per heavy atom. The molecule has 0 aliphatic heterocycles. The molecule has 38 heavy (non-hydrogen) atoms. The first-order valence-corrected chi connectivity index (χ1v) is 13.8. The number of hydrogen-bond acceptors (Lipinski definition) is 0. The Morgan fingerprint density at radius 1 is 0.526 bits per heavy atom. The molecule has 0 aromatic heterocycles. The van der Waals surface area contributed by atoms with E-state index in [4.69, 9.17) is 0 Å². The van der Waals surface area contributed by atoms with Crippen LogP contribution < -0.4 is 10.4 Å². The summed E-state index contributed by atoms with van der Waals surface area (Å²) in [6.45, 7) is 9.09. The van der Waals surface area contributed by atoms with E-state index in [0.717, 1.165) is 12.8 Å². The summed E-state index contributed by atoms with van der Waals surface area (Å²) in [5.41, 5.74) is 8.04. The third-order valence-electron chi connectivity index (χ3n) is 8.09. The van der Waals surface area contributed by atoms with Gasteiger partial charge in [0.05, 0.1) is 0 Å². The Morgan fingerprint density at radius 2 is 1.03 bits per heavy atom. The number of rotatable bonds is 4. The molecule has 0 spiro atoms. The number of fused-ring (bicyclic) bond motifs is 3. The van der Waals surface area contributed by atoms with Crippen molar-refractivity contribution in [2.24, 2.45) is 0 Å². The average molecular weight is 491 g/mol. The van der Waals surface area contributed by atoms with Crippen LogP contribution in [0.3, 0.4) is 0 Å². The minimum atomic E-state index is 1.05. The monoisotopic (exact) mass is 490 g/mol. The summed E-state index contributed by atoms with van der Waals surface area (Å²) in [4.78, 5) is 0. The molecule has 0 N–H and O–H groups in total. The summed E-state index contributed by atoms with van der Waals surface area (Å²) in [5, 5.41) is 10.6. The van der Waals surface area contributed by atoms with Crippen LogP contribution in [-0.2, 0) is 0 Å². The molecule has 0 amide bonds. The zero-order valence-electron chi connectivity index (χ0n) is 22.8. The molecule has 0 atom stereocenters. The van der Waals surface area contributed by atoms with Crippen LogP contribution in [0.25, 0.3) is 43.5 Å². The lowest BCUT2D eigenvalue weighted by Gasteiger charge is -2.15. The Balaban J connectivity index is 1.70. The topological polar surface area (TPSA) is 0 Å². The number of hydrogen-bond donors (Lipinski definition) is 0. The van der Waals surface area contributed by atoms with Gasteiger partial charge in [-0.05, 0) is 115 Å². The highest BCUT2D eigenvalue weighted by atomic mass is 14.2. The summed E-state index contributed by atoms with van der Waals surface area (Å²) in [7, 11) is 0. The molecule has 186 valence electrons. The van der Waals surface area contributed by atoms with Crippen LogP contribution in [0.2, 0.25) is 0 Å². The van der Waals surface area contributed by atoms with Crippen molar-refractivity contribution in [3.8, 4) is 0 Å². The van der Waals surface area contributed by atoms with Crippen LogP contribution in [0, 0.1) is 13.8 Å². The standard InChI is InChI=1S/C38H34/c1-5-10-35(33-20-18-29-12-7-9-14-32(29)24-33)36-22-16-25(2)37-34(21-15-26(3)38(36)37)27(4)30-19-17-28-11-6-8-13-31(28)23-30/h6-9,11-24H,5,10H2,1-4H3/b34-27+,36-35+. The van der Waals surface area contributed by atoms with Crippen molar-refractivity contribution in [2.45, 2.75) is 40.5 Å². The van der Waals surface area contributed by atoms with Gasteiger partial charge in [0, 0.05) is 0 Å². The van der Waals surface area contributed by atoms with Crippen molar-refractivity contribution < 1.29 is 0 Å². The SMILES string of the molecule is CCC/C(c1ccc2ccccc2c1)=c1/ccc(C)c2/c(=C(\C)c3ccc4ccccc4c3)ccc(C)c12. The van der Waals surface area contributed by atoms with Crippen molar-refractivity contribution in [1.82, 2.24) is 0 Å². The molecular formula is C38H34. The number of benzene rings is 6. The van der Waals surface area contributed by atoms with Gasteiger partial charge >= 0.3 is 0 Å². The van der Waals surface area contributed by atoms with Gasteiger partial charge in [-0.15, -0.1) is 0 Å². The van der Waals surface area contributed by atoms with Gasteiger partial charge in [0.15, 0.2) is 0 Å².